The van der Waals surface area contributed by atoms with Gasteiger partial charge in [-0.05, 0) is 63.1 Å². The predicted molar refractivity (Wildman–Crippen MR) is 178 cm³/mol. The van der Waals surface area contributed by atoms with Crippen LogP contribution in [0.4, 0.5) is 5.69 Å². The van der Waals surface area contributed by atoms with Crippen LogP contribution in [0.1, 0.15) is 44.7 Å². The van der Waals surface area contributed by atoms with Crippen LogP contribution in [0.15, 0.2) is 66.7 Å². The van der Waals surface area contributed by atoms with Gasteiger partial charge in [0.1, 0.15) is 11.8 Å². The summed E-state index contributed by atoms with van der Waals surface area (Å²) in [5, 5.41) is 4.00. The lowest BCUT2D eigenvalue weighted by Gasteiger charge is -2.34. The summed E-state index contributed by atoms with van der Waals surface area (Å²) in [5.74, 6) is -0.276. The van der Waals surface area contributed by atoms with E-state index >= 15 is 0 Å². The lowest BCUT2D eigenvalue weighted by atomic mass is 10.00. The summed E-state index contributed by atoms with van der Waals surface area (Å²) in [7, 11) is -2.25. The van der Waals surface area contributed by atoms with Crippen LogP contribution in [0.25, 0.3) is 0 Å². The molecule has 0 spiro atoms. The minimum atomic E-state index is -3.71. The van der Waals surface area contributed by atoms with Gasteiger partial charge >= 0.3 is 0 Å². The Balaban J connectivity index is 1.95. The van der Waals surface area contributed by atoms with E-state index in [-0.39, 0.29) is 49.2 Å². The molecule has 0 saturated heterocycles. The third-order valence-corrected chi connectivity index (χ3v) is 8.93. The molecule has 0 aliphatic rings. The predicted octanol–water partition coefficient (Wildman–Crippen LogP) is 6.76. The van der Waals surface area contributed by atoms with E-state index in [0.29, 0.717) is 27.0 Å². The smallest absolute Gasteiger partial charge is 0.243 e. The summed E-state index contributed by atoms with van der Waals surface area (Å²) >= 11 is 19.3. The van der Waals surface area contributed by atoms with E-state index in [4.69, 9.17) is 39.5 Å². The number of nitrogens with one attached hydrogen (secondary N) is 1. The van der Waals surface area contributed by atoms with Crippen LogP contribution >= 0.6 is 34.8 Å². The summed E-state index contributed by atoms with van der Waals surface area (Å²) in [4.78, 5) is 29.3. The normalized spacial score (nSPS) is 12.4. The molecular formula is C32H38Cl3N3O5S. The van der Waals surface area contributed by atoms with Crippen molar-refractivity contribution in [3.63, 3.8) is 0 Å². The van der Waals surface area contributed by atoms with E-state index < -0.39 is 21.6 Å². The highest BCUT2D eigenvalue weighted by Crippen LogP contribution is 2.31. The first-order chi connectivity index (χ1) is 20.6. The average molecular weight is 683 g/mol. The molecule has 3 rings (SSSR count). The number of sulfonamides is 1. The van der Waals surface area contributed by atoms with E-state index in [0.717, 1.165) is 11.8 Å². The summed E-state index contributed by atoms with van der Waals surface area (Å²) in [6.07, 6.45) is 1.45. The number of halogens is 3. The van der Waals surface area contributed by atoms with Crippen molar-refractivity contribution in [2.24, 2.45) is 0 Å². The van der Waals surface area contributed by atoms with Crippen molar-refractivity contribution < 1.29 is 22.7 Å². The van der Waals surface area contributed by atoms with Crippen molar-refractivity contribution >= 4 is 62.3 Å². The van der Waals surface area contributed by atoms with E-state index in [9.17, 15) is 18.0 Å². The number of ether oxygens (including phenoxy) is 1. The fourth-order valence-electron chi connectivity index (χ4n) is 4.67. The molecule has 1 N–H and O–H groups in total. The number of methoxy groups -OCH3 is 1. The van der Waals surface area contributed by atoms with Gasteiger partial charge in [0.15, 0.2) is 0 Å². The second kappa shape index (κ2) is 15.3. The number of hydrogen-bond acceptors (Lipinski definition) is 5. The van der Waals surface area contributed by atoms with Crippen LogP contribution in [0.2, 0.25) is 15.1 Å². The number of rotatable bonds is 13. The zero-order valence-corrected chi connectivity index (χ0v) is 28.5. The van der Waals surface area contributed by atoms with Crippen LogP contribution in [0, 0.1) is 0 Å². The lowest BCUT2D eigenvalue weighted by Crippen LogP contribution is -2.54. The number of hydrogen-bond donors (Lipinski definition) is 1. The van der Waals surface area contributed by atoms with Crippen LogP contribution < -0.4 is 14.4 Å². The van der Waals surface area contributed by atoms with Crippen molar-refractivity contribution in [1.29, 1.82) is 0 Å². The SMILES string of the molecule is COc1ccc(N(CCCC(=O)N(Cc2c(Cl)cccc2Cl)[C@@H](Cc2ccccc2)C(=O)NC(C)(C)C)S(C)(=O)=O)cc1Cl. The zero-order chi connectivity index (χ0) is 32.7. The summed E-state index contributed by atoms with van der Waals surface area (Å²) in [6.45, 7) is 5.59. The van der Waals surface area contributed by atoms with Crippen LogP contribution in [0.3, 0.4) is 0 Å². The average Bonchev–Trinajstić information content (AvgIpc) is 2.93. The highest BCUT2D eigenvalue weighted by atomic mass is 35.5. The Hall–Kier alpha value is -2.98. The quantitative estimate of drug-likeness (QED) is 0.215. The van der Waals surface area contributed by atoms with Gasteiger partial charge in [-0.1, -0.05) is 71.2 Å². The Morgan fingerprint density at radius 2 is 1.57 bits per heavy atom. The first kappa shape index (κ1) is 35.5. The molecule has 0 unspecified atom stereocenters. The van der Waals surface area contributed by atoms with Crippen molar-refractivity contribution in [2.75, 3.05) is 24.2 Å². The van der Waals surface area contributed by atoms with Crippen molar-refractivity contribution in [3.8, 4) is 5.75 Å². The molecule has 3 aromatic carbocycles. The van der Waals surface area contributed by atoms with E-state index in [2.05, 4.69) is 5.32 Å². The minimum Gasteiger partial charge on any atom is -0.495 e. The third kappa shape index (κ3) is 10.0. The number of carbonyl (C=O) groups excluding carboxylic acids is 2. The molecule has 0 aliphatic heterocycles. The molecule has 0 bridgehead atoms. The Labute approximate surface area is 275 Å². The highest BCUT2D eigenvalue weighted by molar-refractivity contribution is 7.92. The first-order valence-corrected chi connectivity index (χ1v) is 17.0. The van der Waals surface area contributed by atoms with Crippen LogP contribution in [-0.2, 0) is 32.6 Å². The Morgan fingerprint density at radius 3 is 2.11 bits per heavy atom. The molecule has 0 radical (unpaired) electrons. The van der Waals surface area contributed by atoms with Gasteiger partial charge < -0.3 is 15.0 Å². The molecule has 0 fully saturated rings. The Kier molecular flexibility index (Phi) is 12.4. The monoisotopic (exact) mass is 681 g/mol. The van der Waals surface area contributed by atoms with Gasteiger partial charge in [-0.25, -0.2) is 8.42 Å². The number of benzene rings is 3. The van der Waals surface area contributed by atoms with Gasteiger partial charge in [0.05, 0.1) is 24.1 Å². The molecule has 8 nitrogen and oxygen atoms in total. The molecule has 3 aromatic rings. The molecule has 12 heteroatoms. The molecule has 0 aromatic heterocycles. The lowest BCUT2D eigenvalue weighted by molar-refractivity contribution is -0.142. The summed E-state index contributed by atoms with van der Waals surface area (Å²) in [6, 6.07) is 18.2. The maximum atomic E-state index is 14.0. The van der Waals surface area contributed by atoms with Gasteiger partial charge in [-0.2, -0.15) is 0 Å². The fourth-order valence-corrected chi connectivity index (χ4v) is 6.40. The molecular weight excluding hydrogens is 645 g/mol. The Bertz CT molecular complexity index is 1540. The summed E-state index contributed by atoms with van der Waals surface area (Å²) in [5.41, 5.74) is 1.16. The highest BCUT2D eigenvalue weighted by Gasteiger charge is 2.33. The van der Waals surface area contributed by atoms with E-state index in [1.165, 1.54) is 22.4 Å². The number of carbonyl (C=O) groups is 2. The molecule has 1 atom stereocenters. The first-order valence-electron chi connectivity index (χ1n) is 14.0. The van der Waals surface area contributed by atoms with Gasteiger partial charge in [0.25, 0.3) is 0 Å². The molecule has 0 heterocycles. The summed E-state index contributed by atoms with van der Waals surface area (Å²) < 4.78 is 31.8. The standard InChI is InChI=1S/C32H38Cl3N3O5S/c1-32(2,3)36-31(40)28(19-22-11-7-6-8-12-22)37(21-24-25(33)13-9-14-26(24)34)30(39)15-10-18-38(44(5,41)42)23-16-17-29(43-4)27(35)20-23/h6-9,11-14,16-17,20,28H,10,15,18-19,21H2,1-5H3,(H,36,40)/t28-/m0/s1. The zero-order valence-electron chi connectivity index (χ0n) is 25.4. The van der Waals surface area contributed by atoms with Gasteiger partial charge in [0, 0.05) is 47.1 Å². The largest absolute Gasteiger partial charge is 0.495 e. The fraction of sp³-hybridized carbons (Fsp3) is 0.375. The molecule has 2 amide bonds. The van der Waals surface area contributed by atoms with Crippen molar-refractivity contribution in [2.45, 2.75) is 58.2 Å². The molecule has 0 aliphatic carbocycles. The van der Waals surface area contributed by atoms with Crippen molar-refractivity contribution in [3.05, 3.63) is 92.9 Å². The topological polar surface area (TPSA) is 96.0 Å². The maximum absolute atomic E-state index is 14.0. The second-order valence-corrected chi connectivity index (χ2v) is 14.6. The van der Waals surface area contributed by atoms with E-state index in [1.807, 2.05) is 51.1 Å². The minimum absolute atomic E-state index is 0.00542. The third-order valence-electron chi connectivity index (χ3n) is 6.73. The van der Waals surface area contributed by atoms with Gasteiger partial charge in [-0.3, -0.25) is 13.9 Å². The number of amides is 2. The van der Waals surface area contributed by atoms with Gasteiger partial charge in [0.2, 0.25) is 21.8 Å². The molecule has 0 saturated carbocycles. The van der Waals surface area contributed by atoms with E-state index in [1.54, 1.807) is 30.3 Å². The van der Waals surface area contributed by atoms with Crippen LogP contribution in [-0.4, -0.2) is 56.6 Å². The maximum Gasteiger partial charge on any atom is 0.243 e. The van der Waals surface area contributed by atoms with Crippen LogP contribution in [0.5, 0.6) is 5.75 Å². The second-order valence-electron chi connectivity index (χ2n) is 11.4. The number of nitrogens with zero attached hydrogens (tertiary/aromatic N) is 2. The van der Waals surface area contributed by atoms with Crippen molar-refractivity contribution in [1.82, 2.24) is 10.2 Å². The Morgan fingerprint density at radius 1 is 0.932 bits per heavy atom. The van der Waals surface area contributed by atoms with Gasteiger partial charge in [-0.15, -0.1) is 0 Å². The molecule has 44 heavy (non-hydrogen) atoms. The number of anilines is 1. The molecule has 238 valence electrons.